The van der Waals surface area contributed by atoms with Crippen LogP contribution in [-0.2, 0) is 4.74 Å². The van der Waals surface area contributed by atoms with Crippen molar-refractivity contribution < 1.29 is 4.74 Å². The zero-order valence-electron chi connectivity index (χ0n) is 7.50. The monoisotopic (exact) mass is 152 g/mol. The lowest BCUT2D eigenvalue weighted by molar-refractivity contribution is 0.213. The van der Waals surface area contributed by atoms with Crippen LogP contribution in [0.4, 0.5) is 0 Å². The zero-order valence-corrected chi connectivity index (χ0v) is 7.50. The SMILES string of the molecule is COC1=CC=CCC1C(C)C. The lowest BCUT2D eigenvalue weighted by Gasteiger charge is -2.23. The molecule has 1 atom stereocenters. The summed E-state index contributed by atoms with van der Waals surface area (Å²) < 4.78 is 5.27. The average molecular weight is 152 g/mol. The summed E-state index contributed by atoms with van der Waals surface area (Å²) in [6.45, 7) is 4.47. The molecule has 0 amide bonds. The maximum Gasteiger partial charge on any atom is 0.0991 e. The number of hydrogen-bond acceptors (Lipinski definition) is 1. The lowest BCUT2D eigenvalue weighted by atomic mass is 9.88. The Kier molecular flexibility index (Phi) is 2.75. The summed E-state index contributed by atoms with van der Waals surface area (Å²) in [5, 5.41) is 0. The lowest BCUT2D eigenvalue weighted by Crippen LogP contribution is -2.13. The van der Waals surface area contributed by atoms with Gasteiger partial charge in [0, 0.05) is 5.92 Å². The van der Waals surface area contributed by atoms with Crippen LogP contribution >= 0.6 is 0 Å². The number of hydrogen-bond donors (Lipinski definition) is 0. The van der Waals surface area contributed by atoms with Crippen molar-refractivity contribution in [2.75, 3.05) is 7.11 Å². The van der Waals surface area contributed by atoms with Gasteiger partial charge in [0.15, 0.2) is 0 Å². The first-order chi connectivity index (χ1) is 5.25. The van der Waals surface area contributed by atoms with Gasteiger partial charge in [-0.2, -0.15) is 0 Å². The van der Waals surface area contributed by atoms with E-state index in [0.717, 1.165) is 12.2 Å². The van der Waals surface area contributed by atoms with Crippen LogP contribution in [0.2, 0.25) is 0 Å². The topological polar surface area (TPSA) is 9.23 Å². The fourth-order valence-corrected chi connectivity index (χ4v) is 1.45. The van der Waals surface area contributed by atoms with Gasteiger partial charge in [0.25, 0.3) is 0 Å². The number of methoxy groups -OCH3 is 1. The minimum Gasteiger partial charge on any atom is -0.501 e. The van der Waals surface area contributed by atoms with Crippen LogP contribution in [0.1, 0.15) is 20.3 Å². The largest absolute Gasteiger partial charge is 0.501 e. The summed E-state index contributed by atoms with van der Waals surface area (Å²) in [5.74, 6) is 2.39. The van der Waals surface area contributed by atoms with E-state index in [1.807, 2.05) is 0 Å². The van der Waals surface area contributed by atoms with E-state index < -0.39 is 0 Å². The second-order valence-electron chi connectivity index (χ2n) is 3.29. The van der Waals surface area contributed by atoms with Gasteiger partial charge in [0.2, 0.25) is 0 Å². The number of ether oxygens (including phenoxy) is 1. The van der Waals surface area contributed by atoms with Crippen molar-refractivity contribution >= 4 is 0 Å². The highest BCUT2D eigenvalue weighted by Crippen LogP contribution is 2.27. The Morgan fingerprint density at radius 1 is 1.55 bits per heavy atom. The third-order valence-corrected chi connectivity index (χ3v) is 2.19. The highest BCUT2D eigenvalue weighted by molar-refractivity contribution is 5.16. The van der Waals surface area contributed by atoms with Gasteiger partial charge >= 0.3 is 0 Å². The molecule has 1 heteroatoms. The van der Waals surface area contributed by atoms with Gasteiger partial charge in [-0.3, -0.25) is 0 Å². The van der Waals surface area contributed by atoms with E-state index in [1.54, 1.807) is 7.11 Å². The molecule has 0 saturated heterocycles. The highest BCUT2D eigenvalue weighted by atomic mass is 16.5. The summed E-state index contributed by atoms with van der Waals surface area (Å²) in [4.78, 5) is 0. The molecule has 0 aromatic carbocycles. The van der Waals surface area contributed by atoms with E-state index >= 15 is 0 Å². The normalized spacial score (nSPS) is 23.6. The van der Waals surface area contributed by atoms with Crippen molar-refractivity contribution in [2.45, 2.75) is 20.3 Å². The second-order valence-corrected chi connectivity index (χ2v) is 3.29. The van der Waals surface area contributed by atoms with Crippen molar-refractivity contribution in [1.29, 1.82) is 0 Å². The fourth-order valence-electron chi connectivity index (χ4n) is 1.45. The zero-order chi connectivity index (χ0) is 8.27. The third kappa shape index (κ3) is 1.86. The van der Waals surface area contributed by atoms with Gasteiger partial charge in [-0.15, -0.1) is 0 Å². The summed E-state index contributed by atoms with van der Waals surface area (Å²) in [6.07, 6.45) is 7.45. The molecule has 1 aliphatic carbocycles. The quantitative estimate of drug-likeness (QED) is 0.591. The van der Waals surface area contributed by atoms with Crippen LogP contribution in [0.5, 0.6) is 0 Å². The molecule has 1 rings (SSSR count). The van der Waals surface area contributed by atoms with Crippen LogP contribution in [0.25, 0.3) is 0 Å². The molecule has 0 aromatic heterocycles. The van der Waals surface area contributed by atoms with Gasteiger partial charge in [-0.1, -0.05) is 26.0 Å². The third-order valence-electron chi connectivity index (χ3n) is 2.19. The van der Waals surface area contributed by atoms with Crippen molar-refractivity contribution in [3.63, 3.8) is 0 Å². The Hall–Kier alpha value is -0.720. The standard InChI is InChI=1S/C10H16O/c1-8(2)9-6-4-5-7-10(9)11-3/h4-5,7-9H,6H2,1-3H3. The van der Waals surface area contributed by atoms with Crippen LogP contribution < -0.4 is 0 Å². The van der Waals surface area contributed by atoms with Crippen molar-refractivity contribution in [3.8, 4) is 0 Å². The van der Waals surface area contributed by atoms with Gasteiger partial charge in [-0.25, -0.2) is 0 Å². The molecule has 1 nitrogen and oxygen atoms in total. The molecule has 1 aliphatic rings. The molecular weight excluding hydrogens is 136 g/mol. The molecule has 0 aromatic rings. The van der Waals surface area contributed by atoms with Gasteiger partial charge < -0.3 is 4.74 Å². The van der Waals surface area contributed by atoms with Crippen LogP contribution in [-0.4, -0.2) is 7.11 Å². The van der Waals surface area contributed by atoms with Crippen molar-refractivity contribution in [3.05, 3.63) is 24.0 Å². The van der Waals surface area contributed by atoms with E-state index in [0.29, 0.717) is 11.8 Å². The van der Waals surface area contributed by atoms with Crippen LogP contribution in [0, 0.1) is 11.8 Å². The maximum absolute atomic E-state index is 5.27. The minimum absolute atomic E-state index is 0.588. The molecule has 11 heavy (non-hydrogen) atoms. The Balaban J connectivity index is 2.67. The Bertz CT molecular complexity index is 177. The van der Waals surface area contributed by atoms with Crippen LogP contribution in [0.3, 0.4) is 0 Å². The molecule has 0 radical (unpaired) electrons. The van der Waals surface area contributed by atoms with Crippen molar-refractivity contribution in [2.24, 2.45) is 11.8 Å². The summed E-state index contributed by atoms with van der Waals surface area (Å²) in [5.41, 5.74) is 0. The number of allylic oxidation sites excluding steroid dienone is 4. The molecule has 0 spiro atoms. The summed E-state index contributed by atoms with van der Waals surface area (Å²) in [7, 11) is 1.75. The molecule has 62 valence electrons. The maximum atomic E-state index is 5.27. The Morgan fingerprint density at radius 3 is 2.73 bits per heavy atom. The first-order valence-electron chi connectivity index (χ1n) is 4.16. The Labute approximate surface area is 68.8 Å². The van der Waals surface area contributed by atoms with E-state index in [9.17, 15) is 0 Å². The number of rotatable bonds is 2. The first kappa shape index (κ1) is 8.38. The van der Waals surface area contributed by atoms with Crippen molar-refractivity contribution in [1.82, 2.24) is 0 Å². The van der Waals surface area contributed by atoms with Gasteiger partial charge in [-0.05, 0) is 18.4 Å². The molecule has 0 aliphatic heterocycles. The first-order valence-corrected chi connectivity index (χ1v) is 4.16. The van der Waals surface area contributed by atoms with E-state index in [4.69, 9.17) is 4.74 Å². The van der Waals surface area contributed by atoms with E-state index in [-0.39, 0.29) is 0 Å². The summed E-state index contributed by atoms with van der Waals surface area (Å²) in [6, 6.07) is 0. The highest BCUT2D eigenvalue weighted by Gasteiger charge is 2.18. The predicted molar refractivity (Wildman–Crippen MR) is 47.2 cm³/mol. The molecule has 0 N–H and O–H groups in total. The molecule has 0 bridgehead atoms. The molecule has 1 unspecified atom stereocenters. The minimum atomic E-state index is 0.588. The molecule has 0 saturated carbocycles. The van der Waals surface area contributed by atoms with Gasteiger partial charge in [0.05, 0.1) is 12.9 Å². The van der Waals surface area contributed by atoms with E-state index in [1.165, 1.54) is 0 Å². The Morgan fingerprint density at radius 2 is 2.27 bits per heavy atom. The molecular formula is C10H16O. The average Bonchev–Trinajstić information content (AvgIpc) is 2.04. The fraction of sp³-hybridized carbons (Fsp3) is 0.600. The second kappa shape index (κ2) is 3.61. The van der Waals surface area contributed by atoms with Gasteiger partial charge in [0.1, 0.15) is 0 Å². The van der Waals surface area contributed by atoms with E-state index in [2.05, 4.69) is 32.1 Å². The molecule has 0 fully saturated rings. The summed E-state index contributed by atoms with van der Waals surface area (Å²) >= 11 is 0. The molecule has 0 heterocycles. The predicted octanol–water partition coefficient (Wildman–Crippen LogP) is 2.75. The van der Waals surface area contributed by atoms with Crippen LogP contribution in [0.15, 0.2) is 24.0 Å². The smallest absolute Gasteiger partial charge is 0.0991 e.